The zero-order chi connectivity index (χ0) is 9.61. The Morgan fingerprint density at radius 3 is 2.33 bits per heavy atom. The highest BCUT2D eigenvalue weighted by Crippen LogP contribution is 2.20. The molecule has 0 spiro atoms. The van der Waals surface area contributed by atoms with Crippen molar-refractivity contribution in [3.8, 4) is 0 Å². The van der Waals surface area contributed by atoms with Gasteiger partial charge in [-0.2, -0.15) is 11.1 Å². The molecule has 0 saturated carbocycles. The van der Waals surface area contributed by atoms with Crippen molar-refractivity contribution >= 4 is 18.5 Å². The molecule has 2 heteroatoms. The molecule has 0 rings (SSSR count). The van der Waals surface area contributed by atoms with Gasteiger partial charge in [0.25, 0.3) is 0 Å². The van der Waals surface area contributed by atoms with Crippen LogP contribution < -0.4 is 0 Å². The van der Waals surface area contributed by atoms with Gasteiger partial charge in [-0.1, -0.05) is 44.5 Å². The molecule has 0 amide bonds. The van der Waals surface area contributed by atoms with Gasteiger partial charge < -0.3 is 0 Å². The summed E-state index contributed by atoms with van der Waals surface area (Å²) < 4.78 is 0. The van der Waals surface area contributed by atoms with E-state index >= 15 is 0 Å². The first-order valence-electron chi connectivity index (χ1n) is 4.12. The second kappa shape index (κ2) is 5.39. The molecule has 0 N–H and O–H groups in total. The van der Waals surface area contributed by atoms with Gasteiger partial charge in [0.2, 0.25) is 0 Å². The van der Waals surface area contributed by atoms with E-state index in [0.29, 0.717) is 0 Å². The molecule has 68 valence electrons. The van der Waals surface area contributed by atoms with Crippen LogP contribution in [0.25, 0.3) is 0 Å². The van der Waals surface area contributed by atoms with E-state index in [9.17, 15) is 0 Å². The molecule has 0 unspecified atom stereocenters. The minimum atomic E-state index is -1.42. The van der Waals surface area contributed by atoms with Crippen LogP contribution in [0.1, 0.15) is 6.42 Å². The maximum atomic E-state index is 6.19. The van der Waals surface area contributed by atoms with Crippen molar-refractivity contribution in [2.45, 2.75) is 25.6 Å². The van der Waals surface area contributed by atoms with Crippen LogP contribution in [0.5, 0.6) is 0 Å². The average Bonchev–Trinajstić information content (AvgIpc) is 1.96. The molecule has 12 heavy (non-hydrogen) atoms. The monoisotopic (exact) mass is 200 g/mol. The Kier molecular flexibility index (Phi) is 5.26. The summed E-state index contributed by atoms with van der Waals surface area (Å²) in [4.78, 5) is 0. The van der Waals surface area contributed by atoms with E-state index in [4.69, 9.17) is 11.1 Å². The Balaban J connectivity index is 3.98. The van der Waals surface area contributed by atoms with Gasteiger partial charge in [0.1, 0.15) is 0 Å². The first-order valence-corrected chi connectivity index (χ1v) is 8.34. The lowest BCUT2D eigenvalue weighted by atomic mass is 10.2. The van der Waals surface area contributed by atoms with E-state index in [-0.39, 0.29) is 0 Å². The highest BCUT2D eigenvalue weighted by molar-refractivity contribution is 7.19. The van der Waals surface area contributed by atoms with Crippen LogP contribution in [0, 0.1) is 0 Å². The second-order valence-corrected chi connectivity index (χ2v) is 10.4. The second-order valence-electron chi connectivity index (χ2n) is 3.40. The molecular formula is C10H17ClSi. The van der Waals surface area contributed by atoms with E-state index in [1.165, 1.54) is 5.57 Å². The summed E-state index contributed by atoms with van der Waals surface area (Å²) in [6.45, 7) is 11.7. The van der Waals surface area contributed by atoms with Gasteiger partial charge in [0, 0.05) is 0 Å². The maximum Gasteiger partial charge on any atom is 0.150 e. The standard InChI is InChI=1S/C10H17ClSi/c1-5-7-10(6-2)8-9-12(3,4)11/h5-7H,1-2,8-9H2,3-4H3. The third kappa shape index (κ3) is 6.44. The molecule has 0 saturated heterocycles. The lowest BCUT2D eigenvalue weighted by molar-refractivity contribution is 1.12. The smallest absolute Gasteiger partial charge is 0.150 e. The van der Waals surface area contributed by atoms with Gasteiger partial charge >= 0.3 is 0 Å². The van der Waals surface area contributed by atoms with Crippen molar-refractivity contribution in [2.24, 2.45) is 0 Å². The maximum absolute atomic E-state index is 6.19. The summed E-state index contributed by atoms with van der Waals surface area (Å²) in [5.41, 5.74) is 1.23. The third-order valence-electron chi connectivity index (χ3n) is 1.60. The Morgan fingerprint density at radius 2 is 2.00 bits per heavy atom. The SMILES string of the molecule is C=CC=C(C=C)CC[Si](C)(C)Cl. The first kappa shape index (κ1) is 11.7. The molecule has 0 atom stereocenters. The third-order valence-corrected chi connectivity index (χ3v) is 3.61. The number of rotatable bonds is 5. The molecule has 0 aliphatic rings. The number of allylic oxidation sites excluding steroid dienone is 4. The lowest BCUT2D eigenvalue weighted by Crippen LogP contribution is -2.15. The van der Waals surface area contributed by atoms with Crippen molar-refractivity contribution in [3.63, 3.8) is 0 Å². The molecule has 0 aromatic heterocycles. The highest BCUT2D eigenvalue weighted by atomic mass is 35.6. The molecule has 0 aromatic rings. The Hall–Kier alpha value is -0.273. The minimum Gasteiger partial charge on any atom is -0.168 e. The summed E-state index contributed by atoms with van der Waals surface area (Å²) in [5.74, 6) is 0. The molecule has 0 fully saturated rings. The van der Waals surface area contributed by atoms with Crippen LogP contribution in [0.4, 0.5) is 0 Å². The highest BCUT2D eigenvalue weighted by Gasteiger charge is 2.15. The Morgan fingerprint density at radius 1 is 1.42 bits per heavy atom. The fourth-order valence-electron chi connectivity index (χ4n) is 0.846. The van der Waals surface area contributed by atoms with Gasteiger partial charge in [-0.15, -0.1) is 0 Å². The fourth-order valence-corrected chi connectivity index (χ4v) is 2.01. The lowest BCUT2D eigenvalue weighted by Gasteiger charge is -2.12. The van der Waals surface area contributed by atoms with Crippen molar-refractivity contribution < 1.29 is 0 Å². The van der Waals surface area contributed by atoms with Crippen molar-refractivity contribution in [1.29, 1.82) is 0 Å². The van der Waals surface area contributed by atoms with Gasteiger partial charge in [-0.3, -0.25) is 0 Å². The Bertz CT molecular complexity index is 187. The van der Waals surface area contributed by atoms with E-state index in [2.05, 4.69) is 26.3 Å². The molecule has 0 heterocycles. The summed E-state index contributed by atoms with van der Waals surface area (Å²) in [6, 6.07) is 1.10. The molecule has 0 bridgehead atoms. The van der Waals surface area contributed by atoms with Crippen molar-refractivity contribution in [1.82, 2.24) is 0 Å². The molecule has 0 radical (unpaired) electrons. The summed E-state index contributed by atoms with van der Waals surface area (Å²) in [7, 11) is -1.42. The van der Waals surface area contributed by atoms with Crippen LogP contribution >= 0.6 is 11.1 Å². The predicted octanol–water partition coefficient (Wildman–Crippen LogP) is 4.12. The quantitative estimate of drug-likeness (QED) is 0.356. The topological polar surface area (TPSA) is 0 Å². The van der Waals surface area contributed by atoms with Crippen molar-refractivity contribution in [2.75, 3.05) is 0 Å². The van der Waals surface area contributed by atoms with Crippen LogP contribution in [0.15, 0.2) is 37.0 Å². The van der Waals surface area contributed by atoms with E-state index in [0.717, 1.165) is 12.5 Å². The van der Waals surface area contributed by atoms with Crippen LogP contribution in [0.3, 0.4) is 0 Å². The molecule has 0 aromatic carbocycles. The summed E-state index contributed by atoms with van der Waals surface area (Å²) >= 11 is 6.19. The minimum absolute atomic E-state index is 1.03. The van der Waals surface area contributed by atoms with Crippen LogP contribution in [-0.4, -0.2) is 7.38 Å². The van der Waals surface area contributed by atoms with Crippen LogP contribution in [-0.2, 0) is 0 Å². The van der Waals surface area contributed by atoms with Gasteiger partial charge in [0.05, 0.1) is 0 Å². The summed E-state index contributed by atoms with van der Waals surface area (Å²) in [6.07, 6.45) is 6.68. The largest absolute Gasteiger partial charge is 0.168 e. The Labute approximate surface area is 81.3 Å². The van der Waals surface area contributed by atoms with Gasteiger partial charge in [0.15, 0.2) is 7.38 Å². The summed E-state index contributed by atoms with van der Waals surface area (Å²) in [5, 5.41) is 0. The predicted molar refractivity (Wildman–Crippen MR) is 61.2 cm³/mol. The van der Waals surface area contributed by atoms with Gasteiger partial charge in [-0.05, 0) is 18.0 Å². The molecule has 0 nitrogen and oxygen atoms in total. The first-order chi connectivity index (χ1) is 5.49. The van der Waals surface area contributed by atoms with E-state index in [1.54, 1.807) is 6.08 Å². The zero-order valence-electron chi connectivity index (χ0n) is 7.94. The fraction of sp³-hybridized carbons (Fsp3) is 0.400. The number of hydrogen-bond acceptors (Lipinski definition) is 0. The molecule has 0 aliphatic heterocycles. The van der Waals surface area contributed by atoms with E-state index in [1.807, 2.05) is 12.2 Å². The molecular weight excluding hydrogens is 184 g/mol. The van der Waals surface area contributed by atoms with Crippen molar-refractivity contribution in [3.05, 3.63) is 37.0 Å². The van der Waals surface area contributed by atoms with Gasteiger partial charge in [-0.25, -0.2) is 0 Å². The normalized spacial score (nSPS) is 12.8. The molecule has 0 aliphatic carbocycles. The van der Waals surface area contributed by atoms with Crippen LogP contribution in [0.2, 0.25) is 19.1 Å². The zero-order valence-corrected chi connectivity index (χ0v) is 9.69. The number of hydrogen-bond donors (Lipinski definition) is 0. The number of halogens is 1. The average molecular weight is 201 g/mol. The van der Waals surface area contributed by atoms with E-state index < -0.39 is 7.38 Å².